The average molecular weight is 375 g/mol. The number of rotatable bonds is 6. The zero-order valence-corrected chi connectivity index (χ0v) is 14.9. The van der Waals surface area contributed by atoms with Crippen molar-refractivity contribution in [1.82, 2.24) is 10.2 Å². The van der Waals surface area contributed by atoms with Crippen LogP contribution in [0.25, 0.3) is 11.5 Å². The Labute approximate surface area is 152 Å². The van der Waals surface area contributed by atoms with Crippen molar-refractivity contribution in [3.05, 3.63) is 54.3 Å². The molecule has 0 bridgehead atoms. The fraction of sp³-hybridized carbons (Fsp3) is 0.118. The molecular weight excluding hydrogens is 361 g/mol. The van der Waals surface area contributed by atoms with Gasteiger partial charge in [0.25, 0.3) is 0 Å². The summed E-state index contributed by atoms with van der Waals surface area (Å²) in [5, 5.41) is 10.3. The number of carbonyl (C=O) groups excluding carboxylic acids is 1. The minimum absolute atomic E-state index is 0.0497. The molecule has 3 aromatic rings. The molecule has 0 spiro atoms. The van der Waals surface area contributed by atoms with Gasteiger partial charge < -0.3 is 4.42 Å². The van der Waals surface area contributed by atoms with Gasteiger partial charge in [0.05, 0.1) is 5.75 Å². The summed E-state index contributed by atoms with van der Waals surface area (Å²) in [7, 11) is 0. The maximum absolute atomic E-state index is 12.8. The zero-order chi connectivity index (χ0) is 17.6. The van der Waals surface area contributed by atoms with Gasteiger partial charge in [-0.3, -0.25) is 10.1 Å². The third-order valence-corrected chi connectivity index (χ3v) is 4.95. The van der Waals surface area contributed by atoms with Crippen LogP contribution >= 0.6 is 23.5 Å². The summed E-state index contributed by atoms with van der Waals surface area (Å²) in [5.41, 5.74) is 0.784. The van der Waals surface area contributed by atoms with Gasteiger partial charge in [-0.2, -0.15) is 0 Å². The molecule has 5 nitrogen and oxygen atoms in total. The second kappa shape index (κ2) is 8.17. The molecule has 8 heteroatoms. The largest absolute Gasteiger partial charge is 0.403 e. The SMILES string of the molecule is CSc1ccc(-c2nnc(NC(=O)CSc3ccc(F)cc3)o2)cc1. The van der Waals surface area contributed by atoms with Crippen molar-refractivity contribution in [2.24, 2.45) is 0 Å². The average Bonchev–Trinajstić information content (AvgIpc) is 3.10. The van der Waals surface area contributed by atoms with Crippen LogP contribution in [0.2, 0.25) is 0 Å². The summed E-state index contributed by atoms with van der Waals surface area (Å²) in [6, 6.07) is 13.7. The van der Waals surface area contributed by atoms with E-state index in [0.717, 1.165) is 15.4 Å². The number of aromatic nitrogens is 2. The molecule has 0 fully saturated rings. The monoisotopic (exact) mass is 375 g/mol. The molecule has 3 rings (SSSR count). The van der Waals surface area contributed by atoms with E-state index in [1.54, 1.807) is 23.9 Å². The number of anilines is 1. The molecule has 1 amide bonds. The smallest absolute Gasteiger partial charge is 0.322 e. The highest BCUT2D eigenvalue weighted by atomic mass is 32.2. The van der Waals surface area contributed by atoms with Crippen molar-refractivity contribution in [2.75, 3.05) is 17.3 Å². The molecule has 0 unspecified atom stereocenters. The van der Waals surface area contributed by atoms with Crippen LogP contribution in [0, 0.1) is 5.82 Å². The van der Waals surface area contributed by atoms with E-state index in [-0.39, 0.29) is 23.5 Å². The number of hydrogen-bond donors (Lipinski definition) is 1. The highest BCUT2D eigenvalue weighted by Gasteiger charge is 2.11. The minimum atomic E-state index is -0.308. The number of nitrogens with zero attached hydrogens (tertiary/aromatic N) is 2. The fourth-order valence-corrected chi connectivity index (χ4v) is 3.07. The van der Waals surface area contributed by atoms with Crippen molar-refractivity contribution >= 4 is 35.4 Å². The molecule has 1 N–H and O–H groups in total. The predicted molar refractivity (Wildman–Crippen MR) is 97.3 cm³/mol. The Morgan fingerprint density at radius 1 is 1.08 bits per heavy atom. The van der Waals surface area contributed by atoms with Crippen LogP contribution in [0.5, 0.6) is 0 Å². The van der Waals surface area contributed by atoms with Gasteiger partial charge >= 0.3 is 6.01 Å². The first-order chi connectivity index (χ1) is 12.1. The van der Waals surface area contributed by atoms with Gasteiger partial charge in [0.2, 0.25) is 11.8 Å². The number of amides is 1. The van der Waals surface area contributed by atoms with E-state index >= 15 is 0 Å². The van der Waals surface area contributed by atoms with Crippen LogP contribution < -0.4 is 5.32 Å². The van der Waals surface area contributed by atoms with Gasteiger partial charge in [-0.25, -0.2) is 4.39 Å². The summed E-state index contributed by atoms with van der Waals surface area (Å²) >= 11 is 2.94. The fourth-order valence-electron chi connectivity index (χ4n) is 1.96. The Bertz CT molecular complexity index is 851. The third kappa shape index (κ3) is 4.83. The lowest BCUT2D eigenvalue weighted by Crippen LogP contribution is -2.14. The lowest BCUT2D eigenvalue weighted by molar-refractivity contribution is -0.113. The summed E-state index contributed by atoms with van der Waals surface area (Å²) in [5.74, 6) is -0.0830. The van der Waals surface area contributed by atoms with E-state index in [1.807, 2.05) is 30.5 Å². The van der Waals surface area contributed by atoms with E-state index < -0.39 is 0 Å². The molecule has 0 aliphatic carbocycles. The van der Waals surface area contributed by atoms with E-state index in [2.05, 4.69) is 15.5 Å². The molecule has 2 aromatic carbocycles. The highest BCUT2D eigenvalue weighted by Crippen LogP contribution is 2.23. The number of hydrogen-bond acceptors (Lipinski definition) is 6. The van der Waals surface area contributed by atoms with Crippen molar-refractivity contribution in [2.45, 2.75) is 9.79 Å². The van der Waals surface area contributed by atoms with Crippen LogP contribution in [0.4, 0.5) is 10.4 Å². The molecule has 0 radical (unpaired) electrons. The maximum Gasteiger partial charge on any atom is 0.322 e. The first-order valence-electron chi connectivity index (χ1n) is 7.30. The molecule has 1 aromatic heterocycles. The molecule has 0 saturated carbocycles. The minimum Gasteiger partial charge on any atom is -0.403 e. The Balaban J connectivity index is 1.56. The lowest BCUT2D eigenvalue weighted by Gasteiger charge is -2.01. The number of nitrogens with one attached hydrogen (secondary N) is 1. The van der Waals surface area contributed by atoms with E-state index in [0.29, 0.717) is 5.89 Å². The van der Waals surface area contributed by atoms with Gasteiger partial charge in [-0.15, -0.1) is 28.6 Å². The van der Waals surface area contributed by atoms with Crippen LogP contribution in [0.3, 0.4) is 0 Å². The van der Waals surface area contributed by atoms with Crippen LogP contribution in [-0.2, 0) is 4.79 Å². The molecule has 25 heavy (non-hydrogen) atoms. The Morgan fingerprint density at radius 3 is 2.44 bits per heavy atom. The number of halogens is 1. The molecule has 0 aliphatic rings. The molecule has 0 saturated heterocycles. The first-order valence-corrected chi connectivity index (χ1v) is 9.51. The molecule has 0 atom stereocenters. The lowest BCUT2D eigenvalue weighted by atomic mass is 10.2. The van der Waals surface area contributed by atoms with Crippen molar-refractivity contribution in [3.63, 3.8) is 0 Å². The van der Waals surface area contributed by atoms with Gasteiger partial charge in [0.15, 0.2) is 0 Å². The van der Waals surface area contributed by atoms with Crippen molar-refractivity contribution < 1.29 is 13.6 Å². The van der Waals surface area contributed by atoms with Gasteiger partial charge in [0.1, 0.15) is 5.82 Å². The van der Waals surface area contributed by atoms with Crippen LogP contribution in [0.1, 0.15) is 0 Å². The molecular formula is C17H14FN3O2S2. The van der Waals surface area contributed by atoms with Gasteiger partial charge in [-0.05, 0) is 54.8 Å². The second-order valence-electron chi connectivity index (χ2n) is 4.93. The van der Waals surface area contributed by atoms with Gasteiger partial charge in [0, 0.05) is 15.4 Å². The maximum atomic E-state index is 12.8. The Kier molecular flexibility index (Phi) is 5.72. The zero-order valence-electron chi connectivity index (χ0n) is 13.2. The number of thioether (sulfide) groups is 2. The normalized spacial score (nSPS) is 10.6. The number of carbonyl (C=O) groups is 1. The Hall–Kier alpha value is -2.32. The molecule has 0 aliphatic heterocycles. The molecule has 128 valence electrons. The van der Waals surface area contributed by atoms with Crippen LogP contribution in [-0.4, -0.2) is 28.1 Å². The standard InChI is InChI=1S/C17H14FN3O2S2/c1-24-13-6-2-11(3-7-13)16-20-21-17(23-16)19-15(22)10-25-14-8-4-12(18)5-9-14/h2-9H,10H2,1H3,(H,19,21,22). The summed E-state index contributed by atoms with van der Waals surface area (Å²) < 4.78 is 18.3. The van der Waals surface area contributed by atoms with Crippen molar-refractivity contribution in [1.29, 1.82) is 0 Å². The Morgan fingerprint density at radius 2 is 1.76 bits per heavy atom. The van der Waals surface area contributed by atoms with E-state index in [1.165, 1.54) is 23.9 Å². The first kappa shape index (κ1) is 17.5. The molecule has 1 heterocycles. The number of benzene rings is 2. The highest BCUT2D eigenvalue weighted by molar-refractivity contribution is 8.00. The summed E-state index contributed by atoms with van der Waals surface area (Å²) in [6.45, 7) is 0. The van der Waals surface area contributed by atoms with Crippen LogP contribution in [0.15, 0.2) is 62.7 Å². The summed E-state index contributed by atoms with van der Waals surface area (Å²) in [6.07, 6.45) is 2.00. The predicted octanol–water partition coefficient (Wildman–Crippen LogP) is 4.33. The topological polar surface area (TPSA) is 68.0 Å². The van der Waals surface area contributed by atoms with Crippen molar-refractivity contribution in [3.8, 4) is 11.5 Å². The van der Waals surface area contributed by atoms with Gasteiger partial charge in [-0.1, -0.05) is 5.10 Å². The van der Waals surface area contributed by atoms with E-state index in [9.17, 15) is 9.18 Å². The second-order valence-corrected chi connectivity index (χ2v) is 6.86. The quantitative estimate of drug-likeness (QED) is 0.647. The third-order valence-electron chi connectivity index (χ3n) is 3.19. The van der Waals surface area contributed by atoms with E-state index in [4.69, 9.17) is 4.42 Å². The summed E-state index contributed by atoms with van der Waals surface area (Å²) in [4.78, 5) is 13.9.